The van der Waals surface area contributed by atoms with Gasteiger partial charge in [0.25, 0.3) is 5.56 Å². The largest absolute Gasteiger partial charge is 0.380 e. The van der Waals surface area contributed by atoms with Gasteiger partial charge in [0.2, 0.25) is 0 Å². The number of nitrogens with zero attached hydrogens (tertiary/aromatic N) is 3. The summed E-state index contributed by atoms with van der Waals surface area (Å²) in [5, 5.41) is 3.59. The van der Waals surface area contributed by atoms with Gasteiger partial charge >= 0.3 is 0 Å². The average Bonchev–Trinajstić information content (AvgIpc) is 3.20. The molecule has 2 fully saturated rings. The number of H-pyrrole nitrogens is 1. The molecule has 0 bridgehead atoms. The Morgan fingerprint density at radius 1 is 1.17 bits per heavy atom. The molecule has 3 aromatic heterocycles. The highest BCUT2D eigenvalue weighted by Crippen LogP contribution is 2.48. The Hall–Kier alpha value is -3.22. The van der Waals surface area contributed by atoms with Crippen LogP contribution in [0.2, 0.25) is 0 Å². The van der Waals surface area contributed by atoms with Crippen molar-refractivity contribution in [2.45, 2.75) is 32.7 Å². The maximum absolute atomic E-state index is 12.1. The summed E-state index contributed by atoms with van der Waals surface area (Å²) in [4.78, 5) is 37.9. The molecule has 3 aromatic rings. The lowest BCUT2D eigenvalue weighted by Crippen LogP contribution is -2.27. The second-order valence-corrected chi connectivity index (χ2v) is 8.22. The van der Waals surface area contributed by atoms with E-state index in [2.05, 4.69) is 25.2 Å². The zero-order valence-electron chi connectivity index (χ0n) is 17.2. The van der Waals surface area contributed by atoms with Crippen LogP contribution in [0.5, 0.6) is 0 Å². The number of piperidine rings is 1. The Kier molecular flexibility index (Phi) is 4.53. The zero-order chi connectivity index (χ0) is 20.8. The van der Waals surface area contributed by atoms with Crippen LogP contribution in [-0.4, -0.2) is 39.9 Å². The lowest BCUT2D eigenvalue weighted by Gasteiger charge is -2.22. The average molecular weight is 403 g/mol. The summed E-state index contributed by atoms with van der Waals surface area (Å²) in [5.74, 6) is 1.24. The van der Waals surface area contributed by atoms with Crippen LogP contribution < -0.4 is 15.8 Å². The molecule has 0 aromatic carbocycles. The Morgan fingerprint density at radius 3 is 2.63 bits per heavy atom. The van der Waals surface area contributed by atoms with E-state index in [1.807, 2.05) is 50.5 Å². The molecule has 5 rings (SSSR count). The first-order valence-corrected chi connectivity index (χ1v) is 10.6. The molecule has 7 nitrogen and oxygen atoms in total. The third kappa shape index (κ3) is 3.24. The summed E-state index contributed by atoms with van der Waals surface area (Å²) < 4.78 is 0. The molecular formula is C23H25N5O2. The van der Waals surface area contributed by atoms with Crippen LogP contribution in [0, 0.1) is 11.8 Å². The molecule has 30 heavy (non-hydrogen) atoms. The van der Waals surface area contributed by atoms with E-state index in [9.17, 15) is 9.59 Å². The van der Waals surface area contributed by atoms with E-state index in [0.29, 0.717) is 36.4 Å². The van der Waals surface area contributed by atoms with Gasteiger partial charge in [-0.05, 0) is 30.7 Å². The predicted octanol–water partition coefficient (Wildman–Crippen LogP) is 3.02. The molecule has 2 unspecified atom stereocenters. The topological polar surface area (TPSA) is 91.0 Å². The molecule has 0 spiro atoms. The number of aryl methyl sites for hydroxylation is 1. The van der Waals surface area contributed by atoms with Gasteiger partial charge in [-0.25, -0.2) is 0 Å². The van der Waals surface area contributed by atoms with Crippen molar-refractivity contribution in [1.29, 1.82) is 0 Å². The molecule has 1 saturated carbocycles. The highest BCUT2D eigenvalue weighted by Gasteiger charge is 2.56. The first kappa shape index (κ1) is 18.8. The second-order valence-electron chi connectivity index (χ2n) is 8.22. The molecule has 4 heterocycles. The monoisotopic (exact) mass is 403 g/mol. The first-order valence-electron chi connectivity index (χ1n) is 10.6. The minimum Gasteiger partial charge on any atom is -0.380 e. The van der Waals surface area contributed by atoms with Crippen molar-refractivity contribution < 1.29 is 4.79 Å². The number of rotatable bonds is 6. The Morgan fingerprint density at radius 2 is 1.97 bits per heavy atom. The van der Waals surface area contributed by atoms with E-state index in [0.717, 1.165) is 41.1 Å². The van der Waals surface area contributed by atoms with Crippen molar-refractivity contribution in [3.63, 3.8) is 0 Å². The number of carbonyl (C=O) groups is 1. The highest BCUT2D eigenvalue weighted by atomic mass is 16.1. The molecule has 0 amide bonds. The number of fused-ring (bicyclic) bond motifs is 2. The standard InChI is InChI=1S/C23H25N5O2/c1-3-13-7-19-20(27-23(13)30)8-14(9-24-19)26-22-16-11-28(12-17(16)22)15-5-6-18(25-10-15)21(29)4-2/h5-10,16-17,22,26H,3-4,11-12H2,1-2H3,(H,27,30). The number of Topliss-reactive ketones (excluding diaryl/α,β-unsaturated/α-hetero) is 1. The van der Waals surface area contributed by atoms with Crippen LogP contribution in [0.3, 0.4) is 0 Å². The molecule has 2 aliphatic rings. The van der Waals surface area contributed by atoms with E-state index >= 15 is 0 Å². The summed E-state index contributed by atoms with van der Waals surface area (Å²) in [5.41, 5.74) is 4.86. The summed E-state index contributed by atoms with van der Waals surface area (Å²) in [6.07, 6.45) is 4.83. The molecule has 7 heteroatoms. The summed E-state index contributed by atoms with van der Waals surface area (Å²) >= 11 is 0. The fourth-order valence-electron chi connectivity index (χ4n) is 4.53. The van der Waals surface area contributed by atoms with Crippen LogP contribution in [0.1, 0.15) is 36.3 Å². The molecule has 2 atom stereocenters. The number of anilines is 2. The van der Waals surface area contributed by atoms with Gasteiger partial charge in [0.1, 0.15) is 5.69 Å². The summed E-state index contributed by atoms with van der Waals surface area (Å²) in [6, 6.07) is 8.09. The van der Waals surface area contributed by atoms with Crippen LogP contribution >= 0.6 is 0 Å². The van der Waals surface area contributed by atoms with Crippen molar-refractivity contribution in [2.75, 3.05) is 23.3 Å². The lowest BCUT2D eigenvalue weighted by atomic mass is 10.2. The Balaban J connectivity index is 1.23. The van der Waals surface area contributed by atoms with E-state index in [1.165, 1.54) is 0 Å². The molecule has 1 saturated heterocycles. The molecule has 2 N–H and O–H groups in total. The molecule has 154 valence electrons. The maximum atomic E-state index is 12.1. The summed E-state index contributed by atoms with van der Waals surface area (Å²) in [7, 11) is 0. The van der Waals surface area contributed by atoms with Gasteiger partial charge in [0.05, 0.1) is 34.8 Å². The van der Waals surface area contributed by atoms with E-state index in [-0.39, 0.29) is 11.3 Å². The normalized spacial score (nSPS) is 22.2. The Labute approximate surface area is 174 Å². The number of aromatic amines is 1. The maximum Gasteiger partial charge on any atom is 0.251 e. The number of pyridine rings is 3. The van der Waals surface area contributed by atoms with Gasteiger partial charge < -0.3 is 15.2 Å². The zero-order valence-corrected chi connectivity index (χ0v) is 17.2. The number of nitrogens with one attached hydrogen (secondary N) is 2. The molecule has 1 aliphatic heterocycles. The van der Waals surface area contributed by atoms with Crippen LogP contribution in [0.15, 0.2) is 41.5 Å². The number of hydrogen-bond donors (Lipinski definition) is 2. The molecule has 0 radical (unpaired) electrons. The number of carbonyl (C=O) groups excluding carboxylic acids is 1. The molecule has 1 aliphatic carbocycles. The minimum atomic E-state index is -0.0388. The number of ketones is 1. The van der Waals surface area contributed by atoms with Gasteiger partial charge in [-0.1, -0.05) is 13.8 Å². The first-order chi connectivity index (χ1) is 14.6. The van der Waals surface area contributed by atoms with Gasteiger partial charge in [0, 0.05) is 43.0 Å². The predicted molar refractivity (Wildman–Crippen MR) is 117 cm³/mol. The van der Waals surface area contributed by atoms with Crippen molar-refractivity contribution in [3.05, 3.63) is 58.3 Å². The van der Waals surface area contributed by atoms with Crippen LogP contribution in [-0.2, 0) is 6.42 Å². The van der Waals surface area contributed by atoms with Gasteiger partial charge in [-0.2, -0.15) is 0 Å². The highest BCUT2D eigenvalue weighted by molar-refractivity contribution is 5.94. The number of aromatic nitrogens is 3. The minimum absolute atomic E-state index is 0.0388. The van der Waals surface area contributed by atoms with Crippen LogP contribution in [0.4, 0.5) is 11.4 Å². The fourth-order valence-corrected chi connectivity index (χ4v) is 4.53. The third-order valence-corrected chi connectivity index (χ3v) is 6.40. The quantitative estimate of drug-likeness (QED) is 0.615. The molecular weight excluding hydrogens is 378 g/mol. The van der Waals surface area contributed by atoms with E-state index in [1.54, 1.807) is 0 Å². The lowest BCUT2D eigenvalue weighted by molar-refractivity contribution is 0.0983. The van der Waals surface area contributed by atoms with Crippen molar-refractivity contribution >= 4 is 28.2 Å². The van der Waals surface area contributed by atoms with Gasteiger partial charge in [0.15, 0.2) is 5.78 Å². The second kappa shape index (κ2) is 7.23. The smallest absolute Gasteiger partial charge is 0.251 e. The van der Waals surface area contributed by atoms with Crippen molar-refractivity contribution in [1.82, 2.24) is 15.0 Å². The van der Waals surface area contributed by atoms with Crippen LogP contribution in [0.25, 0.3) is 11.0 Å². The van der Waals surface area contributed by atoms with Crippen molar-refractivity contribution in [3.8, 4) is 0 Å². The van der Waals surface area contributed by atoms with Gasteiger partial charge in [-0.15, -0.1) is 0 Å². The van der Waals surface area contributed by atoms with Gasteiger partial charge in [-0.3, -0.25) is 19.6 Å². The van der Waals surface area contributed by atoms with Crippen molar-refractivity contribution in [2.24, 2.45) is 11.8 Å². The number of hydrogen-bond acceptors (Lipinski definition) is 6. The van der Waals surface area contributed by atoms with E-state index < -0.39 is 0 Å². The third-order valence-electron chi connectivity index (χ3n) is 6.40. The summed E-state index contributed by atoms with van der Waals surface area (Å²) in [6.45, 7) is 5.77. The fraction of sp³-hybridized carbons (Fsp3) is 0.391. The SMILES string of the molecule is CCC(=O)c1ccc(N2CC3C(C2)C3Nc2cnc3cc(CC)c(=O)[nH]c3c2)cn1. The van der Waals surface area contributed by atoms with E-state index in [4.69, 9.17) is 0 Å². The Bertz CT molecular complexity index is 1160.